The lowest BCUT2D eigenvalue weighted by molar-refractivity contribution is -0.00722. The van der Waals surface area contributed by atoms with Gasteiger partial charge in [0.2, 0.25) is 0 Å². The van der Waals surface area contributed by atoms with E-state index in [4.69, 9.17) is 14.6 Å². The zero-order valence-corrected chi connectivity index (χ0v) is 19.6. The molecular formula is C24H33NO5S. The van der Waals surface area contributed by atoms with Crippen LogP contribution in [0.4, 0.5) is 5.69 Å². The van der Waals surface area contributed by atoms with E-state index in [1.165, 1.54) is 4.31 Å². The van der Waals surface area contributed by atoms with Crippen molar-refractivity contribution < 1.29 is 23.0 Å². The van der Waals surface area contributed by atoms with Crippen molar-refractivity contribution in [2.75, 3.05) is 24.1 Å². The van der Waals surface area contributed by atoms with Crippen molar-refractivity contribution in [1.82, 2.24) is 0 Å². The Hall–Kier alpha value is -2.09. The highest BCUT2D eigenvalue weighted by Crippen LogP contribution is 2.29. The summed E-state index contributed by atoms with van der Waals surface area (Å²) in [5.74, 6) is 0.768. The SMILES string of the molecule is Cc1ccc(N(CC(C)C)S(=O)(=O)c2ccc(OC[C@H]3CC[C@@H](CO)O3)cc2)c(C)c1. The van der Waals surface area contributed by atoms with Crippen LogP contribution in [0.25, 0.3) is 0 Å². The Morgan fingerprint density at radius 3 is 2.35 bits per heavy atom. The molecule has 1 aliphatic rings. The third-order valence-electron chi connectivity index (χ3n) is 5.40. The van der Waals surface area contributed by atoms with Gasteiger partial charge < -0.3 is 14.6 Å². The van der Waals surface area contributed by atoms with Gasteiger partial charge in [0.15, 0.2) is 0 Å². The molecule has 0 unspecified atom stereocenters. The second kappa shape index (κ2) is 10.0. The normalized spacial score (nSPS) is 19.0. The first kappa shape index (κ1) is 23.6. The van der Waals surface area contributed by atoms with Gasteiger partial charge in [-0.05, 0) is 68.5 Å². The zero-order valence-electron chi connectivity index (χ0n) is 18.7. The number of ether oxygens (including phenoxy) is 2. The number of sulfonamides is 1. The van der Waals surface area contributed by atoms with E-state index < -0.39 is 10.0 Å². The molecule has 7 heteroatoms. The predicted octanol–water partition coefficient (Wildman–Crippen LogP) is 4.07. The molecule has 0 saturated carbocycles. The van der Waals surface area contributed by atoms with Gasteiger partial charge >= 0.3 is 0 Å². The number of aryl methyl sites for hydroxylation is 2. The molecule has 6 nitrogen and oxygen atoms in total. The van der Waals surface area contributed by atoms with Gasteiger partial charge in [0.1, 0.15) is 12.4 Å². The Balaban J connectivity index is 1.77. The van der Waals surface area contributed by atoms with Crippen molar-refractivity contribution in [3.63, 3.8) is 0 Å². The fourth-order valence-corrected chi connectivity index (χ4v) is 5.50. The smallest absolute Gasteiger partial charge is 0.264 e. The molecule has 170 valence electrons. The van der Waals surface area contributed by atoms with Crippen LogP contribution in [0.15, 0.2) is 47.4 Å². The van der Waals surface area contributed by atoms with Gasteiger partial charge in [-0.2, -0.15) is 0 Å². The molecule has 2 aromatic rings. The fourth-order valence-electron chi connectivity index (χ4n) is 3.80. The van der Waals surface area contributed by atoms with E-state index in [2.05, 4.69) is 0 Å². The lowest BCUT2D eigenvalue weighted by Crippen LogP contribution is -2.34. The predicted molar refractivity (Wildman–Crippen MR) is 122 cm³/mol. The Kier molecular flexibility index (Phi) is 7.62. The van der Waals surface area contributed by atoms with E-state index >= 15 is 0 Å². The van der Waals surface area contributed by atoms with Crippen molar-refractivity contribution in [1.29, 1.82) is 0 Å². The van der Waals surface area contributed by atoms with Gasteiger partial charge in [-0.3, -0.25) is 4.31 Å². The largest absolute Gasteiger partial charge is 0.491 e. The molecule has 1 aliphatic heterocycles. The number of rotatable bonds is 9. The van der Waals surface area contributed by atoms with E-state index in [1.54, 1.807) is 24.3 Å². The van der Waals surface area contributed by atoms with Crippen LogP contribution in [0.1, 0.15) is 37.8 Å². The molecule has 0 aromatic heterocycles. The molecule has 0 spiro atoms. The number of hydrogen-bond acceptors (Lipinski definition) is 5. The van der Waals surface area contributed by atoms with Crippen molar-refractivity contribution in [3.8, 4) is 5.75 Å². The quantitative estimate of drug-likeness (QED) is 0.627. The first-order valence-corrected chi connectivity index (χ1v) is 12.2. The lowest BCUT2D eigenvalue weighted by Gasteiger charge is -2.28. The zero-order chi connectivity index (χ0) is 22.6. The molecule has 0 aliphatic carbocycles. The molecular weight excluding hydrogens is 414 g/mol. The van der Waals surface area contributed by atoms with E-state index in [1.807, 2.05) is 45.9 Å². The van der Waals surface area contributed by atoms with Crippen LogP contribution < -0.4 is 9.04 Å². The third kappa shape index (κ3) is 5.79. The van der Waals surface area contributed by atoms with Crippen LogP contribution in [0.5, 0.6) is 5.75 Å². The maximum Gasteiger partial charge on any atom is 0.264 e. The number of aliphatic hydroxyl groups is 1. The number of anilines is 1. The van der Waals surface area contributed by atoms with Gasteiger partial charge in [0.25, 0.3) is 10.0 Å². The molecule has 0 amide bonds. The van der Waals surface area contributed by atoms with Gasteiger partial charge in [-0.1, -0.05) is 31.5 Å². The van der Waals surface area contributed by atoms with Crippen LogP contribution in [-0.2, 0) is 14.8 Å². The van der Waals surface area contributed by atoms with Crippen LogP contribution >= 0.6 is 0 Å². The monoisotopic (exact) mass is 447 g/mol. The van der Waals surface area contributed by atoms with Crippen molar-refractivity contribution in [2.45, 2.75) is 57.6 Å². The van der Waals surface area contributed by atoms with E-state index in [0.717, 1.165) is 24.0 Å². The first-order chi connectivity index (χ1) is 14.7. The maximum atomic E-state index is 13.5. The average molecular weight is 448 g/mol. The van der Waals surface area contributed by atoms with Gasteiger partial charge in [0.05, 0.1) is 29.4 Å². The van der Waals surface area contributed by atoms with Crippen molar-refractivity contribution in [2.24, 2.45) is 5.92 Å². The minimum absolute atomic E-state index is 0.0242. The van der Waals surface area contributed by atoms with E-state index in [0.29, 0.717) is 24.6 Å². The van der Waals surface area contributed by atoms with E-state index in [-0.39, 0.29) is 29.6 Å². The van der Waals surface area contributed by atoms with Crippen LogP contribution in [0.3, 0.4) is 0 Å². The molecule has 0 bridgehead atoms. The summed E-state index contributed by atoms with van der Waals surface area (Å²) in [7, 11) is -3.72. The topological polar surface area (TPSA) is 76.1 Å². The summed E-state index contributed by atoms with van der Waals surface area (Å²) < 4.78 is 39.9. The fraction of sp³-hybridized carbons (Fsp3) is 0.500. The maximum absolute atomic E-state index is 13.5. The third-order valence-corrected chi connectivity index (χ3v) is 7.19. The molecule has 1 heterocycles. The minimum atomic E-state index is -3.72. The summed E-state index contributed by atoms with van der Waals surface area (Å²) in [5, 5.41) is 9.16. The highest BCUT2D eigenvalue weighted by atomic mass is 32.2. The molecule has 2 atom stereocenters. The van der Waals surface area contributed by atoms with Gasteiger partial charge in [-0.25, -0.2) is 8.42 Å². The number of nitrogens with zero attached hydrogens (tertiary/aromatic N) is 1. The van der Waals surface area contributed by atoms with Crippen molar-refractivity contribution in [3.05, 3.63) is 53.6 Å². The Labute approximate surface area is 185 Å². The average Bonchev–Trinajstić information content (AvgIpc) is 3.19. The number of aliphatic hydroxyl groups excluding tert-OH is 1. The highest BCUT2D eigenvalue weighted by molar-refractivity contribution is 7.92. The molecule has 1 fully saturated rings. The van der Waals surface area contributed by atoms with Gasteiger partial charge in [0, 0.05) is 6.54 Å². The van der Waals surface area contributed by atoms with Crippen LogP contribution in [0, 0.1) is 19.8 Å². The molecule has 2 aromatic carbocycles. The lowest BCUT2D eigenvalue weighted by atomic mass is 10.1. The van der Waals surface area contributed by atoms with Crippen LogP contribution in [0.2, 0.25) is 0 Å². The summed E-state index contributed by atoms with van der Waals surface area (Å²) >= 11 is 0. The second-order valence-electron chi connectivity index (χ2n) is 8.64. The highest BCUT2D eigenvalue weighted by Gasteiger charge is 2.27. The molecule has 31 heavy (non-hydrogen) atoms. The standard InChI is InChI=1S/C24H33NO5S/c1-17(2)14-25(24-12-5-18(3)13-19(24)4)31(27,28)23-10-8-20(9-11-23)29-16-22-7-6-21(15-26)30-22/h5,8-13,17,21-22,26H,6-7,14-16H2,1-4H3/t21-,22+/m0/s1. The Bertz CT molecular complexity index is 972. The summed E-state index contributed by atoms with van der Waals surface area (Å²) in [6.45, 7) is 8.76. The number of benzene rings is 2. The van der Waals surface area contributed by atoms with Crippen molar-refractivity contribution >= 4 is 15.7 Å². The Morgan fingerprint density at radius 2 is 1.77 bits per heavy atom. The van der Waals surface area contributed by atoms with Gasteiger partial charge in [-0.15, -0.1) is 0 Å². The summed E-state index contributed by atoms with van der Waals surface area (Å²) in [6, 6.07) is 12.4. The second-order valence-corrected chi connectivity index (χ2v) is 10.5. The molecule has 0 radical (unpaired) electrons. The molecule has 3 rings (SSSR count). The first-order valence-electron chi connectivity index (χ1n) is 10.8. The minimum Gasteiger partial charge on any atom is -0.491 e. The number of hydrogen-bond donors (Lipinski definition) is 1. The van der Waals surface area contributed by atoms with Crippen LogP contribution in [-0.4, -0.2) is 45.5 Å². The van der Waals surface area contributed by atoms with E-state index in [9.17, 15) is 8.42 Å². The summed E-state index contributed by atoms with van der Waals surface area (Å²) in [6.07, 6.45) is 1.51. The summed E-state index contributed by atoms with van der Waals surface area (Å²) in [4.78, 5) is 0.234. The Morgan fingerprint density at radius 1 is 1.10 bits per heavy atom. The summed E-state index contributed by atoms with van der Waals surface area (Å²) in [5.41, 5.74) is 2.74. The molecule has 1 saturated heterocycles. The molecule has 1 N–H and O–H groups in total.